The van der Waals surface area contributed by atoms with Crippen molar-refractivity contribution in [1.29, 1.82) is 0 Å². The fourth-order valence-corrected chi connectivity index (χ4v) is 3.29. The Morgan fingerprint density at radius 1 is 0.958 bits per heavy atom. The van der Waals surface area contributed by atoms with Crippen LogP contribution in [0.15, 0.2) is 36.7 Å². The lowest BCUT2D eigenvalue weighted by atomic mass is 10.2. The van der Waals surface area contributed by atoms with E-state index in [1.165, 1.54) is 0 Å². The lowest BCUT2D eigenvalue weighted by Crippen LogP contribution is -2.37. The minimum atomic E-state index is -0.132. The van der Waals surface area contributed by atoms with Gasteiger partial charge in [-0.1, -0.05) is 23.2 Å². The second-order valence-corrected chi connectivity index (χ2v) is 6.51. The summed E-state index contributed by atoms with van der Waals surface area (Å²) in [5, 5.41) is 0.840. The maximum Gasteiger partial charge on any atom is 0.255 e. The van der Waals surface area contributed by atoms with Gasteiger partial charge >= 0.3 is 0 Å². The van der Waals surface area contributed by atoms with Gasteiger partial charge in [-0.15, -0.1) is 0 Å². The first kappa shape index (κ1) is 16.9. The Kier molecular flexibility index (Phi) is 5.11. The molecule has 0 aliphatic carbocycles. The fourth-order valence-electron chi connectivity index (χ4n) is 2.80. The summed E-state index contributed by atoms with van der Waals surface area (Å²) >= 11 is 12.0. The summed E-state index contributed by atoms with van der Waals surface area (Å²) < 4.78 is 0. The number of carbonyl (C=O) groups is 2. The maximum absolute atomic E-state index is 12.7. The van der Waals surface area contributed by atoms with E-state index in [1.54, 1.807) is 46.5 Å². The monoisotopic (exact) mass is 365 g/mol. The van der Waals surface area contributed by atoms with Crippen LogP contribution >= 0.6 is 23.2 Å². The number of aromatic nitrogens is 1. The minimum absolute atomic E-state index is 0.0184. The maximum atomic E-state index is 12.7. The first-order valence-corrected chi connectivity index (χ1v) is 8.48. The number of nitrogens with one attached hydrogen (secondary N) is 1. The minimum Gasteiger partial charge on any atom is -0.367 e. The number of nitrogens with zero attached hydrogens (tertiary/aromatic N) is 2. The highest BCUT2D eigenvalue weighted by Crippen LogP contribution is 2.23. The van der Waals surface area contributed by atoms with E-state index >= 15 is 0 Å². The molecule has 1 N–H and O–H groups in total. The van der Waals surface area contributed by atoms with Crippen LogP contribution in [-0.2, 0) is 0 Å². The summed E-state index contributed by atoms with van der Waals surface area (Å²) in [4.78, 5) is 31.5. The SMILES string of the molecule is O=C(c1cc[nH]c1)N1CCCN(C(=O)c2ccc(Cl)cc2Cl)CC1. The van der Waals surface area contributed by atoms with Gasteiger partial charge in [-0.2, -0.15) is 0 Å². The Balaban J connectivity index is 1.69. The number of aromatic amines is 1. The molecule has 0 bridgehead atoms. The zero-order valence-electron chi connectivity index (χ0n) is 13.0. The standard InChI is InChI=1S/C17H17Cl2N3O2/c18-13-2-3-14(15(19)10-13)17(24)22-7-1-6-21(8-9-22)16(23)12-4-5-20-11-12/h2-5,10-11,20H,1,6-9H2. The molecular weight excluding hydrogens is 349 g/mol. The summed E-state index contributed by atoms with van der Waals surface area (Å²) in [7, 11) is 0. The van der Waals surface area contributed by atoms with Crippen LogP contribution in [-0.4, -0.2) is 52.8 Å². The fraction of sp³-hybridized carbons (Fsp3) is 0.294. The van der Waals surface area contributed by atoms with Crippen molar-refractivity contribution in [3.8, 4) is 0 Å². The van der Waals surface area contributed by atoms with Crippen molar-refractivity contribution in [2.45, 2.75) is 6.42 Å². The van der Waals surface area contributed by atoms with Crippen molar-refractivity contribution in [3.63, 3.8) is 0 Å². The molecule has 0 spiro atoms. The molecule has 24 heavy (non-hydrogen) atoms. The van der Waals surface area contributed by atoms with Crippen LogP contribution in [0.2, 0.25) is 10.0 Å². The zero-order chi connectivity index (χ0) is 17.1. The van der Waals surface area contributed by atoms with Crippen LogP contribution < -0.4 is 0 Å². The average molecular weight is 366 g/mol. The van der Waals surface area contributed by atoms with Crippen LogP contribution in [0.25, 0.3) is 0 Å². The first-order valence-electron chi connectivity index (χ1n) is 7.72. The predicted molar refractivity (Wildman–Crippen MR) is 93.7 cm³/mol. The molecule has 0 saturated carbocycles. The molecule has 126 valence electrons. The summed E-state index contributed by atoms with van der Waals surface area (Å²) in [6.45, 7) is 2.20. The Morgan fingerprint density at radius 3 is 2.29 bits per heavy atom. The van der Waals surface area contributed by atoms with Gasteiger partial charge in [0.15, 0.2) is 0 Å². The third-order valence-electron chi connectivity index (χ3n) is 4.08. The molecule has 2 heterocycles. The molecule has 1 aliphatic heterocycles. The smallest absolute Gasteiger partial charge is 0.255 e. The second kappa shape index (κ2) is 7.28. The van der Waals surface area contributed by atoms with Crippen LogP contribution in [0.4, 0.5) is 0 Å². The van der Waals surface area contributed by atoms with Crippen molar-refractivity contribution < 1.29 is 9.59 Å². The first-order chi connectivity index (χ1) is 11.6. The van der Waals surface area contributed by atoms with Gasteiger partial charge in [-0.05, 0) is 30.7 Å². The molecule has 1 saturated heterocycles. The highest BCUT2D eigenvalue weighted by molar-refractivity contribution is 6.36. The van der Waals surface area contributed by atoms with E-state index in [9.17, 15) is 9.59 Å². The number of hydrogen-bond donors (Lipinski definition) is 1. The van der Waals surface area contributed by atoms with E-state index in [1.807, 2.05) is 0 Å². The van der Waals surface area contributed by atoms with Crippen molar-refractivity contribution in [1.82, 2.24) is 14.8 Å². The lowest BCUT2D eigenvalue weighted by Gasteiger charge is -2.22. The number of halogens is 2. The van der Waals surface area contributed by atoms with Gasteiger partial charge in [-0.3, -0.25) is 9.59 Å². The largest absolute Gasteiger partial charge is 0.367 e. The second-order valence-electron chi connectivity index (χ2n) is 5.66. The molecule has 0 atom stereocenters. The normalized spacial score (nSPS) is 15.2. The summed E-state index contributed by atoms with van der Waals surface area (Å²) in [5.41, 5.74) is 1.07. The van der Waals surface area contributed by atoms with E-state index < -0.39 is 0 Å². The number of amides is 2. The van der Waals surface area contributed by atoms with Crippen molar-refractivity contribution >= 4 is 35.0 Å². The summed E-state index contributed by atoms with van der Waals surface area (Å²) in [5.74, 6) is -0.150. The summed E-state index contributed by atoms with van der Waals surface area (Å²) in [6.07, 6.45) is 4.14. The third-order valence-corrected chi connectivity index (χ3v) is 4.62. The Bertz CT molecular complexity index is 746. The molecule has 7 heteroatoms. The van der Waals surface area contributed by atoms with Crippen molar-refractivity contribution in [2.75, 3.05) is 26.2 Å². The van der Waals surface area contributed by atoms with Crippen LogP contribution in [0, 0.1) is 0 Å². The zero-order valence-corrected chi connectivity index (χ0v) is 14.5. The van der Waals surface area contributed by atoms with Crippen molar-refractivity contribution in [3.05, 3.63) is 57.8 Å². The molecular formula is C17H17Cl2N3O2. The van der Waals surface area contributed by atoms with Gasteiger partial charge in [-0.25, -0.2) is 0 Å². The average Bonchev–Trinajstić information content (AvgIpc) is 2.98. The highest BCUT2D eigenvalue weighted by atomic mass is 35.5. The molecule has 0 unspecified atom stereocenters. The third kappa shape index (κ3) is 3.57. The lowest BCUT2D eigenvalue weighted by molar-refractivity contribution is 0.0719. The van der Waals surface area contributed by atoms with E-state index in [0.29, 0.717) is 47.4 Å². The van der Waals surface area contributed by atoms with Gasteiger partial charge in [0.05, 0.1) is 16.1 Å². The number of carbonyl (C=O) groups excluding carboxylic acids is 2. The molecule has 3 rings (SSSR count). The number of rotatable bonds is 2. The quantitative estimate of drug-likeness (QED) is 0.887. The molecule has 1 aliphatic rings. The van der Waals surface area contributed by atoms with Gasteiger partial charge in [0, 0.05) is 43.6 Å². The Morgan fingerprint density at radius 2 is 1.67 bits per heavy atom. The molecule has 1 aromatic heterocycles. The van der Waals surface area contributed by atoms with E-state index in [-0.39, 0.29) is 11.8 Å². The van der Waals surface area contributed by atoms with Crippen LogP contribution in [0.3, 0.4) is 0 Å². The van der Waals surface area contributed by atoms with E-state index in [2.05, 4.69) is 4.98 Å². The van der Waals surface area contributed by atoms with E-state index in [0.717, 1.165) is 6.42 Å². The molecule has 0 radical (unpaired) electrons. The molecule has 1 fully saturated rings. The van der Waals surface area contributed by atoms with Crippen LogP contribution in [0.1, 0.15) is 27.1 Å². The van der Waals surface area contributed by atoms with Crippen molar-refractivity contribution in [2.24, 2.45) is 0 Å². The molecule has 1 aromatic carbocycles. The van der Waals surface area contributed by atoms with E-state index in [4.69, 9.17) is 23.2 Å². The predicted octanol–water partition coefficient (Wildman–Crippen LogP) is 3.31. The topological polar surface area (TPSA) is 56.4 Å². The Hall–Kier alpha value is -1.98. The van der Waals surface area contributed by atoms with Gasteiger partial charge < -0.3 is 14.8 Å². The molecule has 5 nitrogen and oxygen atoms in total. The van der Waals surface area contributed by atoms with Gasteiger partial charge in [0.2, 0.25) is 0 Å². The Labute approximate surface area is 150 Å². The molecule has 2 amide bonds. The van der Waals surface area contributed by atoms with Crippen LogP contribution in [0.5, 0.6) is 0 Å². The number of hydrogen-bond acceptors (Lipinski definition) is 2. The number of H-pyrrole nitrogens is 1. The number of benzene rings is 1. The molecule has 2 aromatic rings. The highest BCUT2D eigenvalue weighted by Gasteiger charge is 2.24. The summed E-state index contributed by atoms with van der Waals surface area (Å²) in [6, 6.07) is 6.61. The van der Waals surface area contributed by atoms with Gasteiger partial charge in [0.25, 0.3) is 11.8 Å². The van der Waals surface area contributed by atoms with Gasteiger partial charge in [0.1, 0.15) is 0 Å².